The van der Waals surface area contributed by atoms with E-state index in [1.807, 2.05) is 0 Å². The van der Waals surface area contributed by atoms with Crippen molar-refractivity contribution in [1.29, 1.82) is 0 Å². The van der Waals surface area contributed by atoms with Gasteiger partial charge in [-0.1, -0.05) is 0 Å². The highest BCUT2D eigenvalue weighted by Gasteiger charge is 2.30. The van der Waals surface area contributed by atoms with Gasteiger partial charge in [-0.25, -0.2) is 8.78 Å². The topological polar surface area (TPSA) is 48.5 Å². The van der Waals surface area contributed by atoms with Crippen LogP contribution in [0.25, 0.3) is 5.95 Å². The molecule has 2 heterocycles. The standard InChI is InChI=1S/C10H10F2N5/c1-16-9(6-2-3-6)14-15-10(16)17-7(8(11)12)4-5-13-17/h5-6,8H,2-3H2,1H3. The van der Waals surface area contributed by atoms with E-state index < -0.39 is 6.43 Å². The molecule has 0 aromatic carbocycles. The predicted molar refractivity (Wildman–Crippen MR) is 53.9 cm³/mol. The largest absolute Gasteiger partial charge is 0.298 e. The summed E-state index contributed by atoms with van der Waals surface area (Å²) in [6.45, 7) is 0. The van der Waals surface area contributed by atoms with Crippen molar-refractivity contribution >= 4 is 0 Å². The van der Waals surface area contributed by atoms with Gasteiger partial charge in [0.25, 0.3) is 12.4 Å². The third-order valence-corrected chi connectivity index (χ3v) is 2.84. The molecule has 0 saturated heterocycles. The summed E-state index contributed by atoms with van der Waals surface area (Å²) >= 11 is 0. The molecule has 0 amide bonds. The van der Waals surface area contributed by atoms with Crippen molar-refractivity contribution in [2.75, 3.05) is 0 Å². The van der Waals surface area contributed by atoms with Gasteiger partial charge < -0.3 is 0 Å². The summed E-state index contributed by atoms with van der Waals surface area (Å²) < 4.78 is 28.2. The Morgan fingerprint density at radius 3 is 2.82 bits per heavy atom. The number of hydrogen-bond acceptors (Lipinski definition) is 3. The molecule has 1 aliphatic rings. The summed E-state index contributed by atoms with van der Waals surface area (Å²) in [5.74, 6) is 1.55. The number of rotatable bonds is 3. The molecule has 0 unspecified atom stereocenters. The van der Waals surface area contributed by atoms with Crippen molar-refractivity contribution in [1.82, 2.24) is 24.5 Å². The lowest BCUT2D eigenvalue weighted by molar-refractivity contribution is 0.142. The summed E-state index contributed by atoms with van der Waals surface area (Å²) in [5.41, 5.74) is -0.289. The lowest BCUT2D eigenvalue weighted by Gasteiger charge is -2.06. The molecular formula is C10H10F2N5. The molecule has 1 aliphatic carbocycles. The molecule has 0 spiro atoms. The number of hydrogen-bond donors (Lipinski definition) is 0. The van der Waals surface area contributed by atoms with E-state index in [-0.39, 0.29) is 5.69 Å². The first-order chi connectivity index (χ1) is 8.18. The Balaban J connectivity index is 2.05. The van der Waals surface area contributed by atoms with Crippen LogP contribution in [-0.2, 0) is 7.05 Å². The molecule has 0 bridgehead atoms. The monoisotopic (exact) mass is 238 g/mol. The Bertz CT molecular complexity index is 541. The zero-order chi connectivity index (χ0) is 12.0. The van der Waals surface area contributed by atoms with Gasteiger partial charge in [-0.15, -0.1) is 10.2 Å². The number of nitrogens with zero attached hydrogens (tertiary/aromatic N) is 5. The molecule has 1 saturated carbocycles. The van der Waals surface area contributed by atoms with E-state index in [1.54, 1.807) is 11.6 Å². The molecule has 0 N–H and O–H groups in total. The van der Waals surface area contributed by atoms with Crippen molar-refractivity contribution < 1.29 is 8.78 Å². The van der Waals surface area contributed by atoms with Crippen LogP contribution >= 0.6 is 0 Å². The van der Waals surface area contributed by atoms with E-state index in [9.17, 15) is 8.78 Å². The Kier molecular flexibility index (Phi) is 2.20. The highest BCUT2D eigenvalue weighted by atomic mass is 19.3. The van der Waals surface area contributed by atoms with E-state index >= 15 is 0 Å². The minimum atomic E-state index is -2.63. The Morgan fingerprint density at radius 1 is 1.41 bits per heavy atom. The Hall–Kier alpha value is -1.79. The third kappa shape index (κ3) is 1.62. The van der Waals surface area contributed by atoms with Crippen LogP contribution < -0.4 is 0 Å². The molecule has 3 rings (SSSR count). The van der Waals surface area contributed by atoms with Gasteiger partial charge in [-0.2, -0.15) is 9.78 Å². The summed E-state index contributed by atoms with van der Waals surface area (Å²) in [5, 5.41) is 11.8. The van der Waals surface area contributed by atoms with Crippen molar-refractivity contribution in [3.8, 4) is 5.95 Å². The van der Waals surface area contributed by atoms with Crippen LogP contribution in [0.5, 0.6) is 0 Å². The molecule has 7 heteroatoms. The number of halogens is 2. The Morgan fingerprint density at radius 2 is 2.18 bits per heavy atom. The molecule has 0 atom stereocenters. The lowest BCUT2D eigenvalue weighted by Crippen LogP contribution is -2.10. The van der Waals surface area contributed by atoms with Crippen LogP contribution in [0.2, 0.25) is 0 Å². The third-order valence-electron chi connectivity index (χ3n) is 2.84. The van der Waals surface area contributed by atoms with Gasteiger partial charge in [-0.05, 0) is 12.8 Å². The summed E-state index contributed by atoms with van der Waals surface area (Å²) in [6.07, 6.45) is 0.753. The normalized spacial score (nSPS) is 15.8. The average molecular weight is 238 g/mol. The van der Waals surface area contributed by atoms with Gasteiger partial charge in [-0.3, -0.25) is 4.57 Å². The molecule has 5 nitrogen and oxygen atoms in total. The Labute approximate surface area is 96.1 Å². The van der Waals surface area contributed by atoms with Gasteiger partial charge >= 0.3 is 0 Å². The van der Waals surface area contributed by atoms with E-state index in [4.69, 9.17) is 0 Å². The molecule has 2 aromatic rings. The fraction of sp³-hybridized carbons (Fsp3) is 0.500. The SMILES string of the molecule is Cn1c(C2CC2)nnc1-n1nc[c]c1C(F)F. The smallest absolute Gasteiger partial charge is 0.281 e. The molecule has 0 aliphatic heterocycles. The molecular weight excluding hydrogens is 228 g/mol. The highest BCUT2D eigenvalue weighted by molar-refractivity contribution is 5.20. The van der Waals surface area contributed by atoms with Gasteiger partial charge in [0.2, 0.25) is 0 Å². The summed E-state index contributed by atoms with van der Waals surface area (Å²) in [4.78, 5) is 0. The van der Waals surface area contributed by atoms with Gasteiger partial charge in [0.15, 0.2) is 0 Å². The predicted octanol–water partition coefficient (Wildman–Crippen LogP) is 1.62. The molecule has 89 valence electrons. The van der Waals surface area contributed by atoms with Gasteiger partial charge in [0.1, 0.15) is 11.5 Å². The van der Waals surface area contributed by atoms with Crippen molar-refractivity contribution in [3.63, 3.8) is 0 Å². The molecule has 1 fully saturated rings. The van der Waals surface area contributed by atoms with Crippen LogP contribution in [-0.4, -0.2) is 24.5 Å². The lowest BCUT2D eigenvalue weighted by atomic mass is 10.4. The van der Waals surface area contributed by atoms with Crippen LogP contribution in [0, 0.1) is 6.07 Å². The van der Waals surface area contributed by atoms with Crippen LogP contribution in [0.3, 0.4) is 0 Å². The number of alkyl halides is 2. The highest BCUT2D eigenvalue weighted by Crippen LogP contribution is 2.39. The fourth-order valence-corrected chi connectivity index (χ4v) is 1.80. The maximum Gasteiger partial charge on any atom is 0.281 e. The van der Waals surface area contributed by atoms with E-state index in [0.717, 1.165) is 23.3 Å². The van der Waals surface area contributed by atoms with Gasteiger partial charge in [0, 0.05) is 19.0 Å². The summed E-state index contributed by atoms with van der Waals surface area (Å²) in [6, 6.07) is 2.41. The second kappa shape index (κ2) is 3.61. The molecule has 1 radical (unpaired) electrons. The quantitative estimate of drug-likeness (QED) is 0.816. The van der Waals surface area contributed by atoms with Gasteiger partial charge in [0.05, 0.1) is 6.20 Å². The first-order valence-corrected chi connectivity index (χ1v) is 5.32. The second-order valence-electron chi connectivity index (χ2n) is 4.08. The van der Waals surface area contributed by atoms with Crippen molar-refractivity contribution in [3.05, 3.63) is 23.8 Å². The first-order valence-electron chi connectivity index (χ1n) is 5.32. The zero-order valence-electron chi connectivity index (χ0n) is 9.14. The second-order valence-corrected chi connectivity index (χ2v) is 4.08. The number of aromatic nitrogens is 5. The fourth-order valence-electron chi connectivity index (χ4n) is 1.80. The van der Waals surface area contributed by atoms with Crippen LogP contribution in [0.4, 0.5) is 8.78 Å². The maximum absolute atomic E-state index is 12.7. The summed E-state index contributed by atoms with van der Waals surface area (Å²) in [7, 11) is 1.76. The maximum atomic E-state index is 12.7. The molecule has 17 heavy (non-hydrogen) atoms. The van der Waals surface area contributed by atoms with E-state index in [1.165, 1.54) is 6.20 Å². The van der Waals surface area contributed by atoms with Crippen molar-refractivity contribution in [2.45, 2.75) is 25.2 Å². The van der Waals surface area contributed by atoms with Crippen molar-refractivity contribution in [2.24, 2.45) is 7.05 Å². The molecule has 2 aromatic heterocycles. The average Bonchev–Trinajstić information content (AvgIpc) is 2.88. The van der Waals surface area contributed by atoms with Crippen LogP contribution in [0.1, 0.15) is 36.7 Å². The zero-order valence-corrected chi connectivity index (χ0v) is 9.14. The first kappa shape index (κ1) is 10.4. The van der Waals surface area contributed by atoms with E-state index in [0.29, 0.717) is 11.9 Å². The minimum Gasteiger partial charge on any atom is -0.298 e. The minimum absolute atomic E-state index is 0.289. The van der Waals surface area contributed by atoms with E-state index in [2.05, 4.69) is 21.4 Å². The van der Waals surface area contributed by atoms with Crippen LogP contribution in [0.15, 0.2) is 6.20 Å².